The van der Waals surface area contributed by atoms with E-state index in [0.29, 0.717) is 6.61 Å². The Morgan fingerprint density at radius 3 is 2.58 bits per heavy atom. The van der Waals surface area contributed by atoms with Crippen molar-refractivity contribution in [1.29, 1.82) is 0 Å². The van der Waals surface area contributed by atoms with Gasteiger partial charge in [-0.05, 0) is 37.1 Å². The first-order valence-electron chi connectivity index (χ1n) is 6.92. The molecule has 0 saturated carbocycles. The minimum absolute atomic E-state index is 0.705. The molecule has 1 N–H and O–H groups in total. The largest absolute Gasteiger partial charge is 0.493 e. The maximum Gasteiger partial charge on any atom is 0.162 e. The minimum atomic E-state index is 0.705. The average molecular weight is 330 g/mol. The van der Waals surface area contributed by atoms with Crippen LogP contribution in [-0.2, 0) is 6.54 Å². The number of benzene rings is 1. The molecule has 0 bridgehead atoms. The molecule has 1 rings (SSSR count). The molecule has 0 aliphatic rings. The first-order valence-corrected chi connectivity index (χ1v) is 7.72. The second-order valence-electron chi connectivity index (χ2n) is 4.47. The zero-order valence-electron chi connectivity index (χ0n) is 12.1. The van der Waals surface area contributed by atoms with E-state index >= 15 is 0 Å². The topological polar surface area (TPSA) is 30.5 Å². The summed E-state index contributed by atoms with van der Waals surface area (Å²) in [4.78, 5) is 0. The molecule has 0 heterocycles. The molecule has 4 heteroatoms. The summed E-state index contributed by atoms with van der Waals surface area (Å²) < 4.78 is 12.1. The van der Waals surface area contributed by atoms with Gasteiger partial charge in [-0.25, -0.2) is 0 Å². The number of methoxy groups -OCH3 is 1. The molecule has 3 nitrogen and oxygen atoms in total. The van der Waals surface area contributed by atoms with Crippen LogP contribution in [0.5, 0.6) is 11.5 Å². The summed E-state index contributed by atoms with van der Waals surface area (Å²) in [7, 11) is 1.68. The van der Waals surface area contributed by atoms with Crippen molar-refractivity contribution >= 4 is 15.9 Å². The van der Waals surface area contributed by atoms with Gasteiger partial charge in [-0.2, -0.15) is 0 Å². The summed E-state index contributed by atoms with van der Waals surface area (Å²) in [5.74, 6) is 1.59. The Balaban J connectivity index is 2.71. The average Bonchev–Trinajstić information content (AvgIpc) is 2.42. The van der Waals surface area contributed by atoms with E-state index in [9.17, 15) is 0 Å². The van der Waals surface area contributed by atoms with Crippen LogP contribution in [0, 0.1) is 0 Å². The van der Waals surface area contributed by atoms with Crippen molar-refractivity contribution < 1.29 is 9.47 Å². The Hall–Kier alpha value is -0.740. The number of hydrogen-bond donors (Lipinski definition) is 1. The highest BCUT2D eigenvalue weighted by Gasteiger charge is 2.09. The lowest BCUT2D eigenvalue weighted by Gasteiger charge is -2.14. The van der Waals surface area contributed by atoms with Gasteiger partial charge in [-0.15, -0.1) is 0 Å². The van der Waals surface area contributed by atoms with E-state index in [-0.39, 0.29) is 0 Å². The van der Waals surface area contributed by atoms with Crippen LogP contribution in [0.2, 0.25) is 0 Å². The molecule has 108 valence electrons. The van der Waals surface area contributed by atoms with Gasteiger partial charge in [0.15, 0.2) is 11.5 Å². The molecule has 0 spiro atoms. The maximum absolute atomic E-state index is 5.68. The fraction of sp³-hybridized carbons (Fsp3) is 0.600. The number of nitrogens with one attached hydrogen (secondary N) is 1. The van der Waals surface area contributed by atoms with Gasteiger partial charge in [0.2, 0.25) is 0 Å². The van der Waals surface area contributed by atoms with Gasteiger partial charge >= 0.3 is 0 Å². The normalized spacial score (nSPS) is 10.5. The molecule has 0 amide bonds. The Labute approximate surface area is 124 Å². The van der Waals surface area contributed by atoms with E-state index in [0.717, 1.165) is 35.5 Å². The van der Waals surface area contributed by atoms with Crippen LogP contribution < -0.4 is 14.8 Å². The highest BCUT2D eigenvalue weighted by Crippen LogP contribution is 2.33. The molecule has 0 aromatic heterocycles. The summed E-state index contributed by atoms with van der Waals surface area (Å²) in [6.45, 7) is 6.87. The van der Waals surface area contributed by atoms with Crippen LogP contribution in [0.3, 0.4) is 0 Å². The van der Waals surface area contributed by atoms with Crippen molar-refractivity contribution in [2.24, 2.45) is 0 Å². The molecule has 0 aliphatic heterocycles. The van der Waals surface area contributed by atoms with Gasteiger partial charge in [0.1, 0.15) is 0 Å². The molecule has 0 aliphatic carbocycles. The molecule has 1 aromatic rings. The third-order valence-electron chi connectivity index (χ3n) is 2.82. The predicted octanol–water partition coefficient (Wildman–Crippen LogP) is 4.14. The van der Waals surface area contributed by atoms with Gasteiger partial charge in [0.05, 0.1) is 13.7 Å². The van der Waals surface area contributed by atoms with Crippen molar-refractivity contribution in [3.63, 3.8) is 0 Å². The number of ether oxygens (including phenoxy) is 2. The standard InChI is InChI=1S/C15H24BrNO2/c1-4-6-7-17-11-12-9-14(18-3)15(10-13(12)16)19-8-5-2/h9-10,17H,4-8,11H2,1-3H3. The maximum atomic E-state index is 5.68. The first kappa shape index (κ1) is 16.3. The van der Waals surface area contributed by atoms with Gasteiger partial charge < -0.3 is 14.8 Å². The molecule has 19 heavy (non-hydrogen) atoms. The summed E-state index contributed by atoms with van der Waals surface area (Å²) in [5, 5.41) is 3.43. The number of unbranched alkanes of at least 4 members (excludes halogenated alkanes) is 1. The Bertz CT molecular complexity index is 383. The summed E-state index contributed by atoms with van der Waals surface area (Å²) in [5.41, 5.74) is 1.19. The highest BCUT2D eigenvalue weighted by atomic mass is 79.9. The van der Waals surface area contributed by atoms with Crippen molar-refractivity contribution in [3.8, 4) is 11.5 Å². The first-order chi connectivity index (χ1) is 9.22. The lowest BCUT2D eigenvalue weighted by molar-refractivity contribution is 0.294. The second kappa shape index (κ2) is 9.21. The summed E-state index contributed by atoms with van der Waals surface area (Å²) >= 11 is 3.60. The zero-order chi connectivity index (χ0) is 14.1. The van der Waals surface area contributed by atoms with E-state index < -0.39 is 0 Å². The number of rotatable bonds is 9. The monoisotopic (exact) mass is 329 g/mol. The molecule has 0 atom stereocenters. The summed E-state index contributed by atoms with van der Waals surface area (Å²) in [6, 6.07) is 4.03. The second-order valence-corrected chi connectivity index (χ2v) is 5.33. The molecular weight excluding hydrogens is 306 g/mol. The van der Waals surface area contributed by atoms with Gasteiger partial charge in [-0.1, -0.05) is 36.2 Å². The van der Waals surface area contributed by atoms with Gasteiger partial charge in [-0.3, -0.25) is 0 Å². The summed E-state index contributed by atoms with van der Waals surface area (Å²) in [6.07, 6.45) is 3.40. The molecule has 1 aromatic carbocycles. The van der Waals surface area contributed by atoms with Crippen molar-refractivity contribution in [2.45, 2.75) is 39.7 Å². The Morgan fingerprint density at radius 1 is 1.16 bits per heavy atom. The zero-order valence-corrected chi connectivity index (χ0v) is 13.7. The Morgan fingerprint density at radius 2 is 1.95 bits per heavy atom. The van der Waals surface area contributed by atoms with Crippen molar-refractivity contribution in [2.75, 3.05) is 20.3 Å². The predicted molar refractivity (Wildman–Crippen MR) is 83.1 cm³/mol. The van der Waals surface area contributed by atoms with Crippen molar-refractivity contribution in [3.05, 3.63) is 22.2 Å². The molecular formula is C15H24BrNO2. The SMILES string of the molecule is CCCCNCc1cc(OC)c(OCCC)cc1Br. The number of halogens is 1. The fourth-order valence-corrected chi connectivity index (χ4v) is 2.18. The third kappa shape index (κ3) is 5.41. The molecule has 0 radical (unpaired) electrons. The van der Waals surface area contributed by atoms with E-state index in [1.165, 1.54) is 18.4 Å². The van der Waals surface area contributed by atoms with Crippen LogP contribution in [-0.4, -0.2) is 20.3 Å². The fourth-order valence-electron chi connectivity index (χ4n) is 1.72. The lowest BCUT2D eigenvalue weighted by Crippen LogP contribution is -2.15. The van der Waals surface area contributed by atoms with Crippen LogP contribution in [0.25, 0.3) is 0 Å². The van der Waals surface area contributed by atoms with E-state index in [1.807, 2.05) is 12.1 Å². The highest BCUT2D eigenvalue weighted by molar-refractivity contribution is 9.10. The molecule has 0 saturated heterocycles. The quantitative estimate of drug-likeness (QED) is 0.691. The Kier molecular flexibility index (Phi) is 7.91. The van der Waals surface area contributed by atoms with Gasteiger partial charge in [0, 0.05) is 11.0 Å². The van der Waals surface area contributed by atoms with E-state index in [1.54, 1.807) is 7.11 Å². The van der Waals surface area contributed by atoms with Gasteiger partial charge in [0.25, 0.3) is 0 Å². The smallest absolute Gasteiger partial charge is 0.162 e. The lowest BCUT2D eigenvalue weighted by atomic mass is 10.2. The number of hydrogen-bond acceptors (Lipinski definition) is 3. The van der Waals surface area contributed by atoms with Crippen LogP contribution in [0.1, 0.15) is 38.7 Å². The molecule has 0 unspecified atom stereocenters. The van der Waals surface area contributed by atoms with E-state index in [4.69, 9.17) is 9.47 Å². The third-order valence-corrected chi connectivity index (χ3v) is 3.56. The minimum Gasteiger partial charge on any atom is -0.493 e. The van der Waals surface area contributed by atoms with Crippen molar-refractivity contribution in [1.82, 2.24) is 5.32 Å². The van der Waals surface area contributed by atoms with Crippen LogP contribution >= 0.6 is 15.9 Å². The molecule has 0 fully saturated rings. The van der Waals surface area contributed by atoms with Crippen LogP contribution in [0.4, 0.5) is 0 Å². The van der Waals surface area contributed by atoms with E-state index in [2.05, 4.69) is 35.1 Å². The van der Waals surface area contributed by atoms with Crippen LogP contribution in [0.15, 0.2) is 16.6 Å².